The molecule has 2 rings (SSSR count). The molecule has 1 aliphatic rings. The number of nitrogens with one attached hydrogen (secondary N) is 1. The van der Waals surface area contributed by atoms with Crippen molar-refractivity contribution in [3.05, 3.63) is 29.3 Å². The van der Waals surface area contributed by atoms with E-state index in [9.17, 15) is 13.2 Å². The number of halogens is 1. The minimum atomic E-state index is -3.80. The number of aryl methyl sites for hydroxylation is 1. The second-order valence-corrected chi connectivity index (χ2v) is 8.24. The number of nitrogens with two attached hydrogens (primary N) is 1. The Balaban J connectivity index is 0.00000312. The Hall–Kier alpha value is -1.15. The highest BCUT2D eigenvalue weighted by Gasteiger charge is 2.41. The maximum Gasteiger partial charge on any atom is 0.337 e. The standard InChI is InChI=1S/C17H26N2O4S.ClH/c1-12-7-8-14(16(20)23-3)10-15(12)24(21,22)19-17(11-18)9-5-4-6-13(17)2;/h7-8,10,13,19H,4-6,9,11,18H2,1-3H3;1H. The van der Waals surface area contributed by atoms with Gasteiger partial charge in [-0.25, -0.2) is 17.9 Å². The maximum absolute atomic E-state index is 13.0. The Bertz CT molecular complexity index is 723. The van der Waals surface area contributed by atoms with E-state index in [4.69, 9.17) is 5.73 Å². The smallest absolute Gasteiger partial charge is 0.337 e. The number of hydrogen-bond acceptors (Lipinski definition) is 5. The summed E-state index contributed by atoms with van der Waals surface area (Å²) < 4.78 is 33.5. The zero-order chi connectivity index (χ0) is 18.0. The number of rotatable bonds is 5. The van der Waals surface area contributed by atoms with Gasteiger partial charge in [-0.1, -0.05) is 25.8 Å². The molecule has 2 unspecified atom stereocenters. The van der Waals surface area contributed by atoms with Gasteiger partial charge in [0.15, 0.2) is 0 Å². The maximum atomic E-state index is 13.0. The molecule has 0 aromatic heterocycles. The summed E-state index contributed by atoms with van der Waals surface area (Å²) in [5.74, 6) is -0.402. The molecule has 0 radical (unpaired) electrons. The second kappa shape index (κ2) is 8.49. The molecular formula is C17H27ClN2O4S. The van der Waals surface area contributed by atoms with Gasteiger partial charge in [-0.3, -0.25) is 0 Å². The van der Waals surface area contributed by atoms with E-state index in [1.165, 1.54) is 13.2 Å². The number of sulfonamides is 1. The number of carbonyl (C=O) groups excluding carboxylic acids is 1. The van der Waals surface area contributed by atoms with E-state index in [-0.39, 0.29) is 35.3 Å². The SMILES string of the molecule is COC(=O)c1ccc(C)c(S(=O)(=O)NC2(CN)CCCCC2C)c1.Cl. The third-order valence-corrected chi connectivity index (χ3v) is 6.75. The quantitative estimate of drug-likeness (QED) is 0.752. The average molecular weight is 391 g/mol. The molecule has 0 amide bonds. The van der Waals surface area contributed by atoms with Crippen molar-refractivity contribution in [2.75, 3.05) is 13.7 Å². The zero-order valence-electron chi connectivity index (χ0n) is 14.9. The lowest BCUT2D eigenvalue weighted by molar-refractivity contribution is 0.0600. The van der Waals surface area contributed by atoms with Crippen molar-refractivity contribution in [3.63, 3.8) is 0 Å². The molecule has 8 heteroatoms. The summed E-state index contributed by atoms with van der Waals surface area (Å²) in [7, 11) is -2.53. The molecule has 25 heavy (non-hydrogen) atoms. The van der Waals surface area contributed by atoms with Crippen LogP contribution in [-0.2, 0) is 14.8 Å². The van der Waals surface area contributed by atoms with Gasteiger partial charge >= 0.3 is 5.97 Å². The van der Waals surface area contributed by atoms with Gasteiger partial charge in [0.2, 0.25) is 10.0 Å². The van der Waals surface area contributed by atoms with Crippen LogP contribution in [0.3, 0.4) is 0 Å². The number of ether oxygens (including phenoxy) is 1. The first kappa shape index (κ1) is 21.9. The molecule has 0 spiro atoms. The van der Waals surface area contributed by atoms with Gasteiger partial charge in [0.1, 0.15) is 0 Å². The largest absolute Gasteiger partial charge is 0.465 e. The lowest BCUT2D eigenvalue weighted by Gasteiger charge is -2.42. The van der Waals surface area contributed by atoms with Crippen molar-refractivity contribution in [1.29, 1.82) is 0 Å². The summed E-state index contributed by atoms with van der Waals surface area (Å²) in [5, 5.41) is 0. The van der Waals surface area contributed by atoms with E-state index in [0.717, 1.165) is 25.7 Å². The number of methoxy groups -OCH3 is 1. The highest BCUT2D eigenvalue weighted by atomic mass is 35.5. The van der Waals surface area contributed by atoms with Gasteiger partial charge in [0.05, 0.1) is 17.6 Å². The highest BCUT2D eigenvalue weighted by molar-refractivity contribution is 7.89. The summed E-state index contributed by atoms with van der Waals surface area (Å²) >= 11 is 0. The van der Waals surface area contributed by atoms with Gasteiger partial charge in [0.25, 0.3) is 0 Å². The lowest BCUT2D eigenvalue weighted by atomic mass is 9.74. The molecular weight excluding hydrogens is 364 g/mol. The summed E-state index contributed by atoms with van der Waals surface area (Å²) in [4.78, 5) is 11.8. The Kier molecular flexibility index (Phi) is 7.43. The van der Waals surface area contributed by atoms with Gasteiger partial charge in [-0.15, -0.1) is 12.4 Å². The van der Waals surface area contributed by atoms with Crippen LogP contribution in [0.4, 0.5) is 0 Å². The van der Waals surface area contributed by atoms with Crippen LogP contribution in [0.1, 0.15) is 48.5 Å². The van der Waals surface area contributed by atoms with Gasteiger partial charge in [-0.05, 0) is 43.4 Å². The first-order valence-electron chi connectivity index (χ1n) is 8.19. The summed E-state index contributed by atoms with van der Waals surface area (Å²) in [6, 6.07) is 4.53. The van der Waals surface area contributed by atoms with Crippen molar-refractivity contribution in [2.24, 2.45) is 11.7 Å². The van der Waals surface area contributed by atoms with E-state index in [2.05, 4.69) is 9.46 Å². The molecule has 0 heterocycles. The molecule has 1 aromatic rings. The lowest BCUT2D eigenvalue weighted by Crippen LogP contribution is -2.59. The van der Waals surface area contributed by atoms with Crippen LogP contribution in [0.2, 0.25) is 0 Å². The molecule has 1 aromatic carbocycles. The van der Waals surface area contributed by atoms with Crippen LogP contribution in [-0.4, -0.2) is 33.6 Å². The predicted octanol–water partition coefficient (Wildman–Crippen LogP) is 2.39. The molecule has 1 aliphatic carbocycles. The van der Waals surface area contributed by atoms with E-state index >= 15 is 0 Å². The van der Waals surface area contributed by atoms with Crippen molar-refractivity contribution in [2.45, 2.75) is 50.0 Å². The fraction of sp³-hybridized carbons (Fsp3) is 0.588. The third kappa shape index (κ3) is 4.53. The Morgan fingerprint density at radius 1 is 1.40 bits per heavy atom. The molecule has 1 saturated carbocycles. The van der Waals surface area contributed by atoms with Crippen LogP contribution in [0.15, 0.2) is 23.1 Å². The summed E-state index contributed by atoms with van der Waals surface area (Å²) in [5.41, 5.74) is 6.10. The molecule has 2 atom stereocenters. The molecule has 1 fully saturated rings. The normalized spacial score (nSPS) is 23.6. The van der Waals surface area contributed by atoms with Crippen molar-refractivity contribution < 1.29 is 17.9 Å². The second-order valence-electron chi connectivity index (χ2n) is 6.58. The zero-order valence-corrected chi connectivity index (χ0v) is 16.5. The number of esters is 1. The number of benzene rings is 1. The van der Waals surface area contributed by atoms with Crippen LogP contribution in [0, 0.1) is 12.8 Å². The fourth-order valence-corrected chi connectivity index (χ4v) is 5.17. The van der Waals surface area contributed by atoms with E-state index in [1.807, 2.05) is 6.92 Å². The molecule has 0 saturated heterocycles. The van der Waals surface area contributed by atoms with Crippen molar-refractivity contribution >= 4 is 28.4 Å². The third-order valence-electron chi connectivity index (χ3n) is 5.05. The van der Waals surface area contributed by atoms with E-state index in [0.29, 0.717) is 5.56 Å². The molecule has 0 aliphatic heterocycles. The topological polar surface area (TPSA) is 98.5 Å². The van der Waals surface area contributed by atoms with Crippen LogP contribution >= 0.6 is 12.4 Å². The Labute approximate surface area is 156 Å². The minimum absolute atomic E-state index is 0. The Morgan fingerprint density at radius 3 is 2.64 bits per heavy atom. The van der Waals surface area contributed by atoms with E-state index in [1.54, 1.807) is 19.1 Å². The number of carbonyl (C=O) groups is 1. The molecule has 6 nitrogen and oxygen atoms in total. The summed E-state index contributed by atoms with van der Waals surface area (Å²) in [6.45, 7) is 3.99. The van der Waals surface area contributed by atoms with Crippen molar-refractivity contribution in [1.82, 2.24) is 4.72 Å². The van der Waals surface area contributed by atoms with Crippen molar-refractivity contribution in [3.8, 4) is 0 Å². The first-order chi connectivity index (χ1) is 11.3. The Morgan fingerprint density at radius 2 is 2.08 bits per heavy atom. The van der Waals surface area contributed by atoms with Crippen LogP contribution in [0.25, 0.3) is 0 Å². The molecule has 142 valence electrons. The van der Waals surface area contributed by atoms with Crippen LogP contribution < -0.4 is 10.5 Å². The summed E-state index contributed by atoms with van der Waals surface area (Å²) in [6.07, 6.45) is 3.70. The molecule has 3 N–H and O–H groups in total. The predicted molar refractivity (Wildman–Crippen MR) is 99.5 cm³/mol. The van der Waals surface area contributed by atoms with E-state index < -0.39 is 21.5 Å². The fourth-order valence-electron chi connectivity index (χ4n) is 3.37. The van der Waals surface area contributed by atoms with Crippen LogP contribution in [0.5, 0.6) is 0 Å². The first-order valence-corrected chi connectivity index (χ1v) is 9.67. The average Bonchev–Trinajstić information content (AvgIpc) is 2.56. The minimum Gasteiger partial charge on any atom is -0.465 e. The van der Waals surface area contributed by atoms with Gasteiger partial charge in [0, 0.05) is 12.1 Å². The monoisotopic (exact) mass is 390 g/mol. The van der Waals surface area contributed by atoms with Gasteiger partial charge < -0.3 is 10.5 Å². The number of hydrogen-bond donors (Lipinski definition) is 2. The van der Waals surface area contributed by atoms with Gasteiger partial charge in [-0.2, -0.15) is 0 Å². The highest BCUT2D eigenvalue weighted by Crippen LogP contribution is 2.34. The molecule has 0 bridgehead atoms.